The van der Waals surface area contributed by atoms with E-state index >= 15 is 0 Å². The highest BCUT2D eigenvalue weighted by atomic mass is 16.2. The molecular formula is C12H21N5O3. The third kappa shape index (κ3) is 3.40. The Morgan fingerprint density at radius 3 is 2.50 bits per heavy atom. The molecule has 0 saturated heterocycles. The highest BCUT2D eigenvalue weighted by molar-refractivity contribution is 5.76. The number of carbonyl (C=O) groups is 1. The van der Waals surface area contributed by atoms with Crippen LogP contribution in [0.3, 0.4) is 0 Å². The van der Waals surface area contributed by atoms with Crippen molar-refractivity contribution >= 4 is 17.4 Å². The zero-order chi connectivity index (χ0) is 15.3. The van der Waals surface area contributed by atoms with E-state index in [1.54, 1.807) is 4.90 Å². The molecule has 1 amide bonds. The summed E-state index contributed by atoms with van der Waals surface area (Å²) in [4.78, 5) is 38.6. The van der Waals surface area contributed by atoms with Crippen molar-refractivity contribution in [2.24, 2.45) is 7.05 Å². The van der Waals surface area contributed by atoms with Crippen molar-refractivity contribution in [1.82, 2.24) is 14.5 Å². The molecule has 0 spiro atoms. The highest BCUT2D eigenvalue weighted by Gasteiger charge is 2.12. The topological polar surface area (TPSA) is 113 Å². The predicted molar refractivity (Wildman–Crippen MR) is 77.8 cm³/mol. The number of amides is 1. The quantitative estimate of drug-likeness (QED) is 0.640. The van der Waals surface area contributed by atoms with E-state index in [2.05, 4.69) is 10.3 Å². The van der Waals surface area contributed by atoms with E-state index in [0.29, 0.717) is 13.1 Å². The van der Waals surface area contributed by atoms with Gasteiger partial charge in [-0.1, -0.05) is 0 Å². The zero-order valence-corrected chi connectivity index (χ0v) is 12.0. The van der Waals surface area contributed by atoms with E-state index in [0.717, 1.165) is 4.57 Å². The van der Waals surface area contributed by atoms with Crippen LogP contribution in [-0.2, 0) is 11.8 Å². The molecule has 8 heteroatoms. The van der Waals surface area contributed by atoms with Gasteiger partial charge in [0.1, 0.15) is 11.5 Å². The van der Waals surface area contributed by atoms with E-state index in [4.69, 9.17) is 5.73 Å². The minimum absolute atomic E-state index is 0.00215. The normalized spacial score (nSPS) is 10.3. The number of rotatable bonds is 6. The number of nitrogen functional groups attached to an aromatic ring is 1. The summed E-state index contributed by atoms with van der Waals surface area (Å²) in [5.74, 6) is 0.0522. The molecule has 0 aliphatic rings. The van der Waals surface area contributed by atoms with Crippen LogP contribution < -0.4 is 22.3 Å². The molecular weight excluding hydrogens is 262 g/mol. The van der Waals surface area contributed by atoms with Gasteiger partial charge in [-0.25, -0.2) is 4.79 Å². The van der Waals surface area contributed by atoms with Gasteiger partial charge >= 0.3 is 5.69 Å². The van der Waals surface area contributed by atoms with Gasteiger partial charge in [-0.05, 0) is 13.8 Å². The molecule has 0 aromatic carbocycles. The molecule has 1 aromatic heterocycles. The van der Waals surface area contributed by atoms with Gasteiger partial charge in [0.25, 0.3) is 5.56 Å². The summed E-state index contributed by atoms with van der Waals surface area (Å²) in [7, 11) is 1.46. The van der Waals surface area contributed by atoms with E-state index in [1.807, 2.05) is 13.8 Å². The Labute approximate surface area is 116 Å². The lowest BCUT2D eigenvalue weighted by molar-refractivity contribution is -0.130. The van der Waals surface area contributed by atoms with Crippen molar-refractivity contribution in [3.05, 3.63) is 20.8 Å². The fraction of sp³-hybridized carbons (Fsp3) is 0.583. The van der Waals surface area contributed by atoms with Crippen LogP contribution in [0, 0.1) is 0 Å². The number of nitrogens with one attached hydrogen (secondary N) is 2. The lowest BCUT2D eigenvalue weighted by atomic mass is 10.3. The van der Waals surface area contributed by atoms with Crippen LogP contribution in [0.2, 0.25) is 0 Å². The number of carbonyl (C=O) groups excluding carboxylic acids is 1. The SMILES string of the molecule is CCN(CC)C(=O)CCNc1c(N)n(C)c(=O)[nH]c1=O. The summed E-state index contributed by atoms with van der Waals surface area (Å²) in [6, 6.07) is 0. The first-order chi connectivity index (χ1) is 9.42. The van der Waals surface area contributed by atoms with Crippen LogP contribution in [0.15, 0.2) is 9.59 Å². The second-order valence-electron chi connectivity index (χ2n) is 4.32. The lowest BCUT2D eigenvalue weighted by Crippen LogP contribution is -2.34. The Balaban J connectivity index is 2.73. The monoisotopic (exact) mass is 283 g/mol. The fourth-order valence-electron chi connectivity index (χ4n) is 1.84. The van der Waals surface area contributed by atoms with Crippen molar-refractivity contribution in [2.75, 3.05) is 30.7 Å². The molecule has 0 aliphatic heterocycles. The van der Waals surface area contributed by atoms with Gasteiger partial charge in [-0.3, -0.25) is 19.1 Å². The van der Waals surface area contributed by atoms with E-state index < -0.39 is 11.2 Å². The summed E-state index contributed by atoms with van der Waals surface area (Å²) >= 11 is 0. The number of aromatic nitrogens is 2. The molecule has 8 nitrogen and oxygen atoms in total. The average Bonchev–Trinajstić information content (AvgIpc) is 2.41. The van der Waals surface area contributed by atoms with Crippen LogP contribution in [0.25, 0.3) is 0 Å². The number of aromatic amines is 1. The van der Waals surface area contributed by atoms with Crippen molar-refractivity contribution < 1.29 is 4.79 Å². The first-order valence-electron chi connectivity index (χ1n) is 6.52. The van der Waals surface area contributed by atoms with E-state index in [1.165, 1.54) is 7.05 Å². The standard InChI is InChI=1S/C12H21N5O3/c1-4-17(5-2)8(18)6-7-14-9-10(13)16(3)12(20)15-11(9)19/h14H,4-7,13H2,1-3H3,(H,15,19,20). The first kappa shape index (κ1) is 15.8. The van der Waals surface area contributed by atoms with Gasteiger partial charge < -0.3 is 16.0 Å². The Kier molecular flexibility index (Phi) is 5.36. The smallest absolute Gasteiger partial charge is 0.329 e. The first-order valence-corrected chi connectivity index (χ1v) is 6.52. The van der Waals surface area contributed by atoms with Crippen LogP contribution in [0.5, 0.6) is 0 Å². The van der Waals surface area contributed by atoms with Crippen molar-refractivity contribution in [3.8, 4) is 0 Å². The largest absolute Gasteiger partial charge is 0.383 e. The number of nitrogens with zero attached hydrogens (tertiary/aromatic N) is 2. The second kappa shape index (κ2) is 6.78. The molecule has 4 N–H and O–H groups in total. The number of H-pyrrole nitrogens is 1. The van der Waals surface area contributed by atoms with E-state index in [9.17, 15) is 14.4 Å². The third-order valence-corrected chi connectivity index (χ3v) is 3.13. The molecule has 0 fully saturated rings. The minimum Gasteiger partial charge on any atom is -0.383 e. The minimum atomic E-state index is -0.583. The molecule has 1 heterocycles. The summed E-state index contributed by atoms with van der Waals surface area (Å²) in [5, 5.41) is 2.81. The summed E-state index contributed by atoms with van der Waals surface area (Å²) in [6.45, 7) is 5.39. The van der Waals surface area contributed by atoms with Crippen LogP contribution >= 0.6 is 0 Å². The zero-order valence-electron chi connectivity index (χ0n) is 12.0. The maximum atomic E-state index is 11.8. The maximum Gasteiger partial charge on any atom is 0.329 e. The average molecular weight is 283 g/mol. The molecule has 0 saturated carbocycles. The Morgan fingerprint density at radius 2 is 1.95 bits per heavy atom. The molecule has 0 unspecified atom stereocenters. The molecule has 0 bridgehead atoms. The van der Waals surface area contributed by atoms with Gasteiger partial charge in [0.2, 0.25) is 5.91 Å². The Morgan fingerprint density at radius 1 is 1.35 bits per heavy atom. The van der Waals surface area contributed by atoms with Gasteiger partial charge in [-0.2, -0.15) is 0 Å². The summed E-state index contributed by atoms with van der Waals surface area (Å²) < 4.78 is 1.13. The number of hydrogen-bond acceptors (Lipinski definition) is 5. The molecule has 0 radical (unpaired) electrons. The molecule has 1 rings (SSSR count). The Bertz CT molecular complexity index is 586. The van der Waals surface area contributed by atoms with Gasteiger partial charge in [-0.15, -0.1) is 0 Å². The third-order valence-electron chi connectivity index (χ3n) is 3.13. The maximum absolute atomic E-state index is 11.8. The summed E-state index contributed by atoms with van der Waals surface area (Å²) in [5.41, 5.74) is 4.65. The number of hydrogen-bond donors (Lipinski definition) is 3. The highest BCUT2D eigenvalue weighted by Crippen LogP contribution is 2.08. The molecule has 20 heavy (non-hydrogen) atoms. The molecule has 0 aliphatic carbocycles. The van der Waals surface area contributed by atoms with Crippen molar-refractivity contribution in [3.63, 3.8) is 0 Å². The summed E-state index contributed by atoms with van der Waals surface area (Å²) in [6.07, 6.45) is 0.253. The van der Waals surface area contributed by atoms with Crippen LogP contribution in [0.4, 0.5) is 11.5 Å². The van der Waals surface area contributed by atoms with E-state index in [-0.39, 0.29) is 30.4 Å². The van der Waals surface area contributed by atoms with Gasteiger partial charge in [0, 0.05) is 33.1 Å². The number of anilines is 2. The molecule has 0 atom stereocenters. The van der Waals surface area contributed by atoms with Gasteiger partial charge in [0.15, 0.2) is 0 Å². The molecule has 1 aromatic rings. The Hall–Kier alpha value is -2.25. The van der Waals surface area contributed by atoms with Crippen molar-refractivity contribution in [1.29, 1.82) is 0 Å². The molecule has 112 valence electrons. The fourth-order valence-corrected chi connectivity index (χ4v) is 1.84. The lowest BCUT2D eigenvalue weighted by Gasteiger charge is -2.18. The van der Waals surface area contributed by atoms with Crippen LogP contribution in [-0.4, -0.2) is 40.0 Å². The van der Waals surface area contributed by atoms with Gasteiger partial charge in [0.05, 0.1) is 0 Å². The second-order valence-corrected chi connectivity index (χ2v) is 4.32. The predicted octanol–water partition coefficient (Wildman–Crippen LogP) is -0.674. The van der Waals surface area contributed by atoms with Crippen LogP contribution in [0.1, 0.15) is 20.3 Å². The number of nitrogens with two attached hydrogens (primary N) is 1. The van der Waals surface area contributed by atoms with Crippen molar-refractivity contribution in [2.45, 2.75) is 20.3 Å².